The van der Waals surface area contributed by atoms with Crippen LogP contribution in [0.1, 0.15) is 32.6 Å². The number of carbonyl (C=O) groups is 1. The highest BCUT2D eigenvalue weighted by Crippen LogP contribution is 2.32. The highest BCUT2D eigenvalue weighted by molar-refractivity contribution is 7.36. The van der Waals surface area contributed by atoms with Crippen molar-refractivity contribution in [3.63, 3.8) is 0 Å². The molecule has 0 bridgehead atoms. The Balaban J connectivity index is 1.97. The number of aryl methyl sites for hydroxylation is 1. The van der Waals surface area contributed by atoms with E-state index in [1.54, 1.807) is 13.8 Å². The zero-order chi connectivity index (χ0) is 21.9. The summed E-state index contributed by atoms with van der Waals surface area (Å²) in [5.74, 6) is -0.615. The molecular weight excluding hydrogens is 412 g/mol. The summed E-state index contributed by atoms with van der Waals surface area (Å²) in [6, 6.07) is -0.900. The predicted molar refractivity (Wildman–Crippen MR) is 99.7 cm³/mol. The SMILES string of the molecule is Cc1cn([C@H]2OC(CO[PH](=O)N[C@@H](C)C(=O)OC(C)C)[C@@H](O)C2F)c(=O)[nH]c1=O. The highest BCUT2D eigenvalue weighted by Gasteiger charge is 2.46. The summed E-state index contributed by atoms with van der Waals surface area (Å²) in [4.78, 5) is 37.1. The number of aliphatic hydroxyl groups is 1. The van der Waals surface area contributed by atoms with E-state index in [1.165, 1.54) is 13.8 Å². The van der Waals surface area contributed by atoms with Crippen LogP contribution in [0.2, 0.25) is 0 Å². The van der Waals surface area contributed by atoms with Crippen molar-refractivity contribution in [3.8, 4) is 0 Å². The Morgan fingerprint density at radius 3 is 2.72 bits per heavy atom. The molecule has 1 fully saturated rings. The third kappa shape index (κ3) is 5.83. The molecular formula is C16H25FN3O8P. The molecule has 1 aliphatic rings. The highest BCUT2D eigenvalue weighted by atomic mass is 31.1. The Morgan fingerprint density at radius 1 is 1.45 bits per heavy atom. The first-order valence-electron chi connectivity index (χ1n) is 8.94. The summed E-state index contributed by atoms with van der Waals surface area (Å²) in [5, 5.41) is 12.5. The second-order valence-corrected chi connectivity index (χ2v) is 8.08. The molecule has 1 saturated heterocycles. The summed E-state index contributed by atoms with van der Waals surface area (Å²) in [5.41, 5.74) is -1.35. The van der Waals surface area contributed by atoms with Gasteiger partial charge in [0.25, 0.3) is 13.7 Å². The Kier molecular flexibility index (Phi) is 7.89. The van der Waals surface area contributed by atoms with Gasteiger partial charge in [0.2, 0.25) is 0 Å². The van der Waals surface area contributed by atoms with Gasteiger partial charge < -0.3 is 19.1 Å². The Bertz CT molecular complexity index is 872. The number of alkyl halides is 1. The molecule has 29 heavy (non-hydrogen) atoms. The first kappa shape index (κ1) is 23.4. The first-order chi connectivity index (χ1) is 13.5. The van der Waals surface area contributed by atoms with Crippen molar-refractivity contribution < 1.29 is 32.9 Å². The van der Waals surface area contributed by atoms with Crippen molar-refractivity contribution in [2.45, 2.75) is 64.4 Å². The number of ether oxygens (including phenoxy) is 2. The lowest BCUT2D eigenvalue weighted by Gasteiger charge is -2.18. The molecule has 0 aliphatic carbocycles. The topological polar surface area (TPSA) is 149 Å². The number of nitrogens with zero attached hydrogens (tertiary/aromatic N) is 1. The monoisotopic (exact) mass is 437 g/mol. The van der Waals surface area contributed by atoms with Gasteiger partial charge in [-0.25, -0.2) is 14.3 Å². The van der Waals surface area contributed by atoms with E-state index >= 15 is 0 Å². The number of rotatable bonds is 8. The average molecular weight is 437 g/mol. The lowest BCUT2D eigenvalue weighted by Crippen LogP contribution is -2.36. The van der Waals surface area contributed by atoms with Crippen molar-refractivity contribution in [3.05, 3.63) is 32.6 Å². The van der Waals surface area contributed by atoms with Crippen LogP contribution < -0.4 is 16.3 Å². The molecule has 0 amide bonds. The van der Waals surface area contributed by atoms with Gasteiger partial charge in [0.15, 0.2) is 12.4 Å². The summed E-state index contributed by atoms with van der Waals surface area (Å²) in [6.45, 7) is 5.75. The van der Waals surface area contributed by atoms with E-state index in [0.717, 1.165) is 10.8 Å². The van der Waals surface area contributed by atoms with Crippen LogP contribution in [0, 0.1) is 6.92 Å². The van der Waals surface area contributed by atoms with Gasteiger partial charge in [-0.3, -0.25) is 23.7 Å². The smallest absolute Gasteiger partial charge is 0.330 e. The summed E-state index contributed by atoms with van der Waals surface area (Å²) < 4.78 is 42.7. The zero-order valence-electron chi connectivity index (χ0n) is 16.4. The zero-order valence-corrected chi connectivity index (χ0v) is 17.4. The number of aliphatic hydroxyl groups excluding tert-OH is 1. The largest absolute Gasteiger partial charge is 0.462 e. The van der Waals surface area contributed by atoms with E-state index in [1.807, 2.05) is 4.98 Å². The molecule has 6 atom stereocenters. The molecule has 2 rings (SSSR count). The van der Waals surface area contributed by atoms with Gasteiger partial charge in [0.1, 0.15) is 18.2 Å². The van der Waals surface area contributed by atoms with Crippen LogP contribution in [-0.2, 0) is 23.4 Å². The average Bonchev–Trinajstić information content (AvgIpc) is 2.90. The van der Waals surface area contributed by atoms with Crippen LogP contribution in [0.3, 0.4) is 0 Å². The maximum absolute atomic E-state index is 14.5. The van der Waals surface area contributed by atoms with E-state index in [9.17, 15) is 28.4 Å². The van der Waals surface area contributed by atoms with Gasteiger partial charge in [0.05, 0.1) is 12.7 Å². The second kappa shape index (κ2) is 9.77. The van der Waals surface area contributed by atoms with Crippen molar-refractivity contribution in [2.75, 3.05) is 6.61 Å². The minimum absolute atomic E-state index is 0.158. The molecule has 3 N–H and O–H groups in total. The number of hydrogen-bond acceptors (Lipinski definition) is 8. The molecule has 0 spiro atoms. The van der Waals surface area contributed by atoms with Crippen LogP contribution >= 0.6 is 8.18 Å². The molecule has 0 aromatic carbocycles. The fourth-order valence-electron chi connectivity index (χ4n) is 2.61. The number of halogens is 1. The maximum Gasteiger partial charge on any atom is 0.330 e. The number of carbonyl (C=O) groups excluding carboxylic acids is 1. The van der Waals surface area contributed by atoms with Crippen molar-refractivity contribution >= 4 is 14.1 Å². The number of aromatic amines is 1. The van der Waals surface area contributed by atoms with E-state index in [-0.39, 0.29) is 11.7 Å². The van der Waals surface area contributed by atoms with E-state index in [4.69, 9.17) is 14.0 Å². The molecule has 0 saturated carbocycles. The maximum atomic E-state index is 14.5. The lowest BCUT2D eigenvalue weighted by molar-refractivity contribution is -0.149. The Morgan fingerprint density at radius 2 is 2.10 bits per heavy atom. The van der Waals surface area contributed by atoms with Gasteiger partial charge in [-0.2, -0.15) is 0 Å². The summed E-state index contributed by atoms with van der Waals surface area (Å²) in [7, 11) is -2.93. The Hall–Kier alpha value is -1.85. The molecule has 13 heteroatoms. The third-order valence-electron chi connectivity index (χ3n) is 4.13. The number of esters is 1. The van der Waals surface area contributed by atoms with Gasteiger partial charge >= 0.3 is 11.7 Å². The number of nitrogens with one attached hydrogen (secondary N) is 2. The van der Waals surface area contributed by atoms with Crippen LogP contribution in [0.15, 0.2) is 15.8 Å². The van der Waals surface area contributed by atoms with E-state index in [0.29, 0.717) is 0 Å². The van der Waals surface area contributed by atoms with Crippen molar-refractivity contribution in [1.29, 1.82) is 0 Å². The lowest BCUT2D eigenvalue weighted by atomic mass is 10.1. The second-order valence-electron chi connectivity index (χ2n) is 6.93. The molecule has 164 valence electrons. The van der Waals surface area contributed by atoms with Gasteiger partial charge in [0, 0.05) is 11.8 Å². The van der Waals surface area contributed by atoms with E-state index < -0.39 is 62.7 Å². The van der Waals surface area contributed by atoms with Crippen LogP contribution in [0.4, 0.5) is 4.39 Å². The third-order valence-corrected chi connectivity index (χ3v) is 5.23. The molecule has 1 aromatic rings. The normalized spacial score (nSPS) is 26.4. The van der Waals surface area contributed by atoms with E-state index in [2.05, 4.69) is 5.09 Å². The Labute approximate surface area is 166 Å². The van der Waals surface area contributed by atoms with Gasteiger partial charge in [-0.05, 0) is 27.7 Å². The molecule has 0 radical (unpaired) electrons. The quantitative estimate of drug-likeness (QED) is 0.371. The van der Waals surface area contributed by atoms with Crippen LogP contribution in [-0.4, -0.2) is 57.8 Å². The standard InChI is InChI=1S/C16H25FN3O8P/c1-7(2)27-15(23)9(4)19-29(25)26-6-10-12(21)11(17)14(28-10)20-5-8(3)13(22)18-16(20)24/h5,7,9-12,14,21,29H,6H2,1-4H3,(H,19,25)(H,18,22,24)/t9-,10?,11?,12+,14-/m0/s1. The molecule has 1 aliphatic heterocycles. The fraction of sp³-hybridized carbons (Fsp3) is 0.688. The predicted octanol–water partition coefficient (Wildman–Crippen LogP) is -0.223. The van der Waals surface area contributed by atoms with Crippen molar-refractivity contribution in [1.82, 2.24) is 14.6 Å². The summed E-state index contributed by atoms with van der Waals surface area (Å²) >= 11 is 0. The number of hydrogen-bond donors (Lipinski definition) is 3. The molecule has 1 aromatic heterocycles. The van der Waals surface area contributed by atoms with Crippen molar-refractivity contribution in [2.24, 2.45) is 0 Å². The molecule has 2 heterocycles. The van der Waals surface area contributed by atoms with Crippen LogP contribution in [0.25, 0.3) is 0 Å². The minimum atomic E-state index is -2.93. The molecule has 11 nitrogen and oxygen atoms in total. The van der Waals surface area contributed by atoms with Gasteiger partial charge in [-0.15, -0.1) is 0 Å². The minimum Gasteiger partial charge on any atom is -0.462 e. The summed E-state index contributed by atoms with van der Waals surface area (Å²) in [6.07, 6.45) is -5.56. The first-order valence-corrected chi connectivity index (χ1v) is 10.3. The number of aromatic nitrogens is 2. The number of H-pyrrole nitrogens is 1. The van der Waals surface area contributed by atoms with Crippen LogP contribution in [0.5, 0.6) is 0 Å². The molecule has 3 unspecified atom stereocenters. The van der Waals surface area contributed by atoms with Gasteiger partial charge in [-0.1, -0.05) is 0 Å². The fourth-order valence-corrected chi connectivity index (χ4v) is 3.48.